The first-order valence-corrected chi connectivity index (χ1v) is 7.20. The van der Waals surface area contributed by atoms with Crippen molar-refractivity contribution in [3.05, 3.63) is 76.0 Å². The van der Waals surface area contributed by atoms with Crippen LogP contribution in [0.2, 0.25) is 10.0 Å². The summed E-state index contributed by atoms with van der Waals surface area (Å²) in [5.74, 6) is 5.77. The second-order valence-electron chi connectivity index (χ2n) is 4.71. The largest absolute Gasteiger partial charge is 0.271 e. The van der Waals surface area contributed by atoms with Crippen LogP contribution in [0, 0.1) is 0 Å². The number of hydrogen-bond acceptors (Lipinski definition) is 3. The number of benzene rings is 2. The van der Waals surface area contributed by atoms with Crippen molar-refractivity contribution in [2.75, 3.05) is 0 Å². The predicted molar refractivity (Wildman–Crippen MR) is 87.4 cm³/mol. The van der Waals surface area contributed by atoms with Crippen molar-refractivity contribution in [1.82, 2.24) is 10.4 Å². The Kier molecular flexibility index (Phi) is 4.08. The van der Waals surface area contributed by atoms with E-state index in [-0.39, 0.29) is 6.04 Å². The molecule has 5 heteroatoms. The van der Waals surface area contributed by atoms with E-state index in [1.165, 1.54) is 0 Å². The van der Waals surface area contributed by atoms with Crippen LogP contribution in [0.15, 0.2) is 54.9 Å². The van der Waals surface area contributed by atoms with Gasteiger partial charge in [-0.1, -0.05) is 47.5 Å². The third-order valence-electron chi connectivity index (χ3n) is 3.47. The minimum Gasteiger partial charge on any atom is -0.271 e. The van der Waals surface area contributed by atoms with Crippen LogP contribution in [0.5, 0.6) is 0 Å². The van der Waals surface area contributed by atoms with Crippen LogP contribution in [0.4, 0.5) is 0 Å². The molecule has 1 aromatic heterocycles. The average molecular weight is 318 g/mol. The lowest BCUT2D eigenvalue weighted by molar-refractivity contribution is 0.641. The first-order chi connectivity index (χ1) is 10.2. The first-order valence-electron chi connectivity index (χ1n) is 6.44. The quantitative estimate of drug-likeness (QED) is 0.565. The summed E-state index contributed by atoms with van der Waals surface area (Å²) in [7, 11) is 0. The topological polar surface area (TPSA) is 50.9 Å². The normalized spacial score (nSPS) is 12.5. The average Bonchev–Trinajstić information content (AvgIpc) is 2.50. The molecule has 1 unspecified atom stereocenters. The zero-order valence-electron chi connectivity index (χ0n) is 11.1. The highest BCUT2D eigenvalue weighted by Gasteiger charge is 2.18. The van der Waals surface area contributed by atoms with Gasteiger partial charge in [-0.05, 0) is 34.7 Å². The van der Waals surface area contributed by atoms with E-state index in [9.17, 15) is 0 Å². The van der Waals surface area contributed by atoms with Crippen molar-refractivity contribution < 1.29 is 0 Å². The molecule has 2 aromatic carbocycles. The number of rotatable bonds is 3. The number of hydrogen-bond donors (Lipinski definition) is 2. The molecular formula is C16H13Cl2N3. The fourth-order valence-electron chi connectivity index (χ4n) is 2.47. The second-order valence-corrected chi connectivity index (χ2v) is 5.55. The molecule has 0 fully saturated rings. The molecular weight excluding hydrogens is 305 g/mol. The van der Waals surface area contributed by atoms with E-state index in [1.54, 1.807) is 18.3 Å². The molecule has 0 saturated carbocycles. The molecule has 0 aliphatic rings. The number of fused-ring (bicyclic) bond motifs is 1. The minimum atomic E-state index is -0.234. The minimum absolute atomic E-state index is 0.234. The van der Waals surface area contributed by atoms with Crippen molar-refractivity contribution in [1.29, 1.82) is 0 Å². The Morgan fingerprint density at radius 2 is 1.90 bits per heavy atom. The van der Waals surface area contributed by atoms with Crippen LogP contribution in [-0.2, 0) is 0 Å². The number of aromatic nitrogens is 1. The third-order valence-corrected chi connectivity index (χ3v) is 4.03. The highest BCUT2D eigenvalue weighted by atomic mass is 35.5. The van der Waals surface area contributed by atoms with Crippen LogP contribution in [0.3, 0.4) is 0 Å². The number of hydrazine groups is 1. The zero-order chi connectivity index (χ0) is 14.8. The maximum Gasteiger partial charge on any atom is 0.0731 e. The summed E-state index contributed by atoms with van der Waals surface area (Å²) in [6.45, 7) is 0. The highest BCUT2D eigenvalue weighted by Crippen LogP contribution is 2.33. The molecule has 0 saturated heterocycles. The molecule has 0 bridgehead atoms. The lowest BCUT2D eigenvalue weighted by atomic mass is 9.95. The SMILES string of the molecule is NNC(c1ccc(Cl)cc1Cl)c1cccc2ccncc12. The summed E-state index contributed by atoms with van der Waals surface area (Å²) in [5, 5.41) is 3.31. The van der Waals surface area contributed by atoms with Gasteiger partial charge in [0.15, 0.2) is 0 Å². The van der Waals surface area contributed by atoms with Gasteiger partial charge in [-0.3, -0.25) is 10.8 Å². The van der Waals surface area contributed by atoms with Crippen LogP contribution < -0.4 is 11.3 Å². The molecule has 3 nitrogen and oxygen atoms in total. The van der Waals surface area contributed by atoms with E-state index < -0.39 is 0 Å². The van der Waals surface area contributed by atoms with Gasteiger partial charge >= 0.3 is 0 Å². The predicted octanol–water partition coefficient (Wildman–Crippen LogP) is 4.09. The van der Waals surface area contributed by atoms with E-state index in [0.29, 0.717) is 10.0 Å². The fourth-order valence-corrected chi connectivity index (χ4v) is 2.99. The molecule has 21 heavy (non-hydrogen) atoms. The zero-order valence-corrected chi connectivity index (χ0v) is 12.6. The summed E-state index contributed by atoms with van der Waals surface area (Å²) >= 11 is 12.3. The van der Waals surface area contributed by atoms with Gasteiger partial charge < -0.3 is 0 Å². The van der Waals surface area contributed by atoms with Crippen LogP contribution in [-0.4, -0.2) is 4.98 Å². The molecule has 0 spiro atoms. The Morgan fingerprint density at radius 3 is 2.67 bits per heavy atom. The number of nitrogens with two attached hydrogens (primary N) is 1. The summed E-state index contributed by atoms with van der Waals surface area (Å²) in [5.41, 5.74) is 4.73. The highest BCUT2D eigenvalue weighted by molar-refractivity contribution is 6.35. The third kappa shape index (κ3) is 2.74. The van der Waals surface area contributed by atoms with Gasteiger partial charge in [0, 0.05) is 27.8 Å². The Balaban J connectivity index is 2.18. The molecule has 3 N–H and O–H groups in total. The van der Waals surface area contributed by atoms with Gasteiger partial charge in [0.25, 0.3) is 0 Å². The number of pyridine rings is 1. The van der Waals surface area contributed by atoms with Crippen molar-refractivity contribution in [2.45, 2.75) is 6.04 Å². The smallest absolute Gasteiger partial charge is 0.0731 e. The van der Waals surface area contributed by atoms with Gasteiger partial charge in [0.2, 0.25) is 0 Å². The van der Waals surface area contributed by atoms with Gasteiger partial charge in [0.1, 0.15) is 0 Å². The molecule has 0 amide bonds. The van der Waals surface area contributed by atoms with Crippen LogP contribution in [0.25, 0.3) is 10.8 Å². The van der Waals surface area contributed by atoms with Crippen molar-refractivity contribution >= 4 is 34.0 Å². The number of nitrogens with one attached hydrogen (secondary N) is 1. The van der Waals surface area contributed by atoms with Crippen molar-refractivity contribution in [2.24, 2.45) is 5.84 Å². The molecule has 106 valence electrons. The standard InChI is InChI=1S/C16H13Cl2N3/c17-11-4-5-13(15(18)8-11)16(21-19)12-3-1-2-10-6-7-20-9-14(10)12/h1-9,16,21H,19H2. The van der Waals surface area contributed by atoms with E-state index in [4.69, 9.17) is 29.0 Å². The molecule has 1 atom stereocenters. The van der Waals surface area contributed by atoms with Gasteiger partial charge in [0.05, 0.1) is 6.04 Å². The fraction of sp³-hybridized carbons (Fsp3) is 0.0625. The van der Waals surface area contributed by atoms with E-state index >= 15 is 0 Å². The maximum atomic E-state index is 6.31. The summed E-state index contributed by atoms with van der Waals surface area (Å²) in [6, 6.07) is 13.2. The Morgan fingerprint density at radius 1 is 1.05 bits per heavy atom. The number of nitrogens with zero attached hydrogens (tertiary/aromatic N) is 1. The first kappa shape index (κ1) is 14.3. The van der Waals surface area contributed by atoms with Crippen LogP contribution in [0.1, 0.15) is 17.2 Å². The summed E-state index contributed by atoms with van der Waals surface area (Å²) in [6.07, 6.45) is 3.60. The molecule has 1 heterocycles. The summed E-state index contributed by atoms with van der Waals surface area (Å²) < 4.78 is 0. The van der Waals surface area contributed by atoms with Gasteiger partial charge in [-0.25, -0.2) is 5.43 Å². The van der Waals surface area contributed by atoms with Crippen LogP contribution >= 0.6 is 23.2 Å². The van der Waals surface area contributed by atoms with Crippen molar-refractivity contribution in [3.8, 4) is 0 Å². The molecule has 3 rings (SSSR count). The molecule has 0 aliphatic heterocycles. The van der Waals surface area contributed by atoms with Gasteiger partial charge in [-0.15, -0.1) is 0 Å². The lowest BCUT2D eigenvalue weighted by Gasteiger charge is -2.20. The van der Waals surface area contributed by atoms with E-state index in [0.717, 1.165) is 21.9 Å². The molecule has 0 radical (unpaired) electrons. The van der Waals surface area contributed by atoms with Gasteiger partial charge in [-0.2, -0.15) is 0 Å². The van der Waals surface area contributed by atoms with E-state index in [1.807, 2.05) is 36.5 Å². The summed E-state index contributed by atoms with van der Waals surface area (Å²) in [4.78, 5) is 4.20. The lowest BCUT2D eigenvalue weighted by Crippen LogP contribution is -2.29. The Hall–Kier alpha value is -1.65. The molecule has 0 aliphatic carbocycles. The maximum absolute atomic E-state index is 6.31. The van der Waals surface area contributed by atoms with E-state index in [2.05, 4.69) is 10.4 Å². The second kappa shape index (κ2) is 6.00. The monoisotopic (exact) mass is 317 g/mol. The number of halogens is 2. The molecule has 3 aromatic rings. The Labute approximate surface area is 132 Å². The Bertz CT molecular complexity index is 784. The van der Waals surface area contributed by atoms with Crippen molar-refractivity contribution in [3.63, 3.8) is 0 Å².